The van der Waals surface area contributed by atoms with Crippen molar-refractivity contribution in [3.63, 3.8) is 0 Å². The molecule has 2 amide bonds. The molecule has 4 aliphatic heterocycles. The number of carbonyl (C=O) groups excluding carboxylic acids is 2. The second kappa shape index (κ2) is 14.3. The first-order valence-corrected chi connectivity index (χ1v) is 18.4. The SMILES string of the molecule is C=CC(=O)N1CC[C@@H]2Oc3cc(-c4cc(-c5ccc(-c6cccc7c6C(O)[C@@H]6CN(C(=O)C=C)CC[C@@H]6O7)c(OC)c5)ccc4OC)ccc3C(O)[C@@H]2C1. The minimum absolute atomic E-state index is 0.137. The highest BCUT2D eigenvalue weighted by Gasteiger charge is 2.44. The molecule has 2 saturated heterocycles. The van der Waals surface area contributed by atoms with Gasteiger partial charge in [-0.1, -0.05) is 55.6 Å². The van der Waals surface area contributed by atoms with Crippen molar-refractivity contribution in [1.29, 1.82) is 0 Å². The molecule has 0 bridgehead atoms. The van der Waals surface area contributed by atoms with Crippen LogP contribution < -0.4 is 18.9 Å². The maximum absolute atomic E-state index is 12.4. The fourth-order valence-electron chi connectivity index (χ4n) is 8.69. The van der Waals surface area contributed by atoms with Crippen LogP contribution in [0.15, 0.2) is 98.1 Å². The Morgan fingerprint density at radius 2 is 1.30 bits per heavy atom. The van der Waals surface area contributed by atoms with Crippen molar-refractivity contribution in [3.8, 4) is 56.4 Å². The first-order chi connectivity index (χ1) is 26.2. The van der Waals surface area contributed by atoms with Crippen molar-refractivity contribution in [2.75, 3.05) is 40.4 Å². The first-order valence-electron chi connectivity index (χ1n) is 18.4. The Morgan fingerprint density at radius 1 is 0.685 bits per heavy atom. The Bertz CT molecular complexity index is 2150. The Hall–Kier alpha value is -5.58. The summed E-state index contributed by atoms with van der Waals surface area (Å²) in [5.41, 5.74) is 6.59. The molecule has 0 spiro atoms. The third kappa shape index (κ3) is 6.09. The van der Waals surface area contributed by atoms with Crippen LogP contribution >= 0.6 is 0 Å². The zero-order chi connectivity index (χ0) is 37.7. The van der Waals surface area contributed by atoms with Gasteiger partial charge in [-0.25, -0.2) is 0 Å². The number of aliphatic hydroxyl groups excluding tert-OH is 2. The van der Waals surface area contributed by atoms with E-state index in [1.54, 1.807) is 24.0 Å². The molecule has 54 heavy (non-hydrogen) atoms. The Kier molecular flexibility index (Phi) is 9.41. The second-order valence-corrected chi connectivity index (χ2v) is 14.4. The molecule has 0 saturated carbocycles. The molecule has 4 heterocycles. The minimum atomic E-state index is -0.842. The van der Waals surface area contributed by atoms with Crippen molar-refractivity contribution in [2.45, 2.75) is 37.3 Å². The smallest absolute Gasteiger partial charge is 0.245 e. The van der Waals surface area contributed by atoms with Crippen LogP contribution in [0.25, 0.3) is 33.4 Å². The molecule has 2 fully saturated rings. The molecule has 4 aromatic rings. The number of amides is 2. The summed E-state index contributed by atoms with van der Waals surface area (Å²) in [6, 6.07) is 23.6. The molecule has 0 radical (unpaired) electrons. The van der Waals surface area contributed by atoms with Gasteiger partial charge in [0.05, 0.1) is 26.4 Å². The lowest BCUT2D eigenvalue weighted by Crippen LogP contribution is -2.51. The fourth-order valence-corrected chi connectivity index (χ4v) is 8.69. The number of piperidine rings is 2. The maximum Gasteiger partial charge on any atom is 0.245 e. The van der Waals surface area contributed by atoms with Gasteiger partial charge in [0.25, 0.3) is 0 Å². The van der Waals surface area contributed by atoms with E-state index < -0.39 is 12.2 Å². The molecule has 10 nitrogen and oxygen atoms in total. The number of hydrogen-bond donors (Lipinski definition) is 2. The summed E-state index contributed by atoms with van der Waals surface area (Å²) < 4.78 is 24.7. The fraction of sp³-hybridized carbons (Fsp3) is 0.318. The zero-order valence-corrected chi connectivity index (χ0v) is 30.4. The molecule has 4 aliphatic rings. The van der Waals surface area contributed by atoms with Crippen LogP contribution in [0.5, 0.6) is 23.0 Å². The topological polar surface area (TPSA) is 118 Å². The number of benzene rings is 4. The summed E-state index contributed by atoms with van der Waals surface area (Å²) in [4.78, 5) is 28.2. The number of methoxy groups -OCH3 is 2. The summed E-state index contributed by atoms with van der Waals surface area (Å²) in [6.07, 6.45) is 1.87. The van der Waals surface area contributed by atoms with Crippen molar-refractivity contribution in [2.24, 2.45) is 11.8 Å². The lowest BCUT2D eigenvalue weighted by Gasteiger charge is -2.44. The monoisotopic (exact) mass is 728 g/mol. The second-order valence-electron chi connectivity index (χ2n) is 14.4. The first kappa shape index (κ1) is 35.4. The van der Waals surface area contributed by atoms with E-state index >= 15 is 0 Å². The standard InChI is InChI=1S/C44H44N2O8/c1-5-40(47)45-18-16-35-32(23-45)43(49)30-14-11-27(22-39(30)54-35)31-20-25(12-15-34(31)51-3)26-10-13-28(38(21-26)52-4)29-8-7-9-37-42(29)44(50)33-24-46(41(48)6-2)19-17-36(33)53-37/h5-15,20-22,32-33,35-36,43-44,49-50H,1-2,16-19,23-24H2,3-4H3/t32-,33-,35+,36+,43?,44?/m1/s1. The number of ether oxygens (including phenoxy) is 4. The van der Waals surface area contributed by atoms with Gasteiger partial charge in [-0.2, -0.15) is 0 Å². The number of hydrogen-bond acceptors (Lipinski definition) is 8. The Balaban J connectivity index is 1.10. The largest absolute Gasteiger partial charge is 0.496 e. The molecular formula is C44H44N2O8. The van der Waals surface area contributed by atoms with Gasteiger partial charge in [0.15, 0.2) is 0 Å². The van der Waals surface area contributed by atoms with Crippen molar-refractivity contribution in [1.82, 2.24) is 9.80 Å². The predicted octanol–water partition coefficient (Wildman–Crippen LogP) is 6.36. The zero-order valence-electron chi connectivity index (χ0n) is 30.4. The van der Waals surface area contributed by atoms with Crippen LogP contribution in [0, 0.1) is 11.8 Å². The van der Waals surface area contributed by atoms with E-state index in [9.17, 15) is 19.8 Å². The van der Waals surface area contributed by atoms with Crippen molar-refractivity contribution >= 4 is 11.8 Å². The lowest BCUT2D eigenvalue weighted by molar-refractivity contribution is -0.133. The average Bonchev–Trinajstić information content (AvgIpc) is 3.22. The van der Waals surface area contributed by atoms with Crippen LogP contribution in [0.2, 0.25) is 0 Å². The summed E-state index contributed by atoms with van der Waals surface area (Å²) in [5, 5.41) is 23.2. The van der Waals surface area contributed by atoms with Crippen molar-refractivity contribution in [3.05, 3.63) is 109 Å². The van der Waals surface area contributed by atoms with E-state index in [-0.39, 0.29) is 35.9 Å². The third-order valence-electron chi connectivity index (χ3n) is 11.6. The molecule has 0 aliphatic carbocycles. The molecule has 0 aromatic heterocycles. The summed E-state index contributed by atoms with van der Waals surface area (Å²) in [5.74, 6) is 1.79. The number of fused-ring (bicyclic) bond motifs is 4. The van der Waals surface area contributed by atoms with E-state index in [1.165, 1.54) is 12.2 Å². The quantitative estimate of drug-likeness (QED) is 0.211. The van der Waals surface area contributed by atoms with E-state index in [0.717, 1.165) is 33.4 Å². The van der Waals surface area contributed by atoms with Crippen LogP contribution in [0.4, 0.5) is 0 Å². The van der Waals surface area contributed by atoms with Gasteiger partial charge < -0.3 is 39.0 Å². The van der Waals surface area contributed by atoms with Crippen LogP contribution in [0.1, 0.15) is 36.2 Å². The molecule has 6 atom stereocenters. The number of likely N-dealkylation sites (tertiary alicyclic amines) is 2. The van der Waals surface area contributed by atoms with E-state index in [1.807, 2.05) is 66.7 Å². The Morgan fingerprint density at radius 3 is 1.96 bits per heavy atom. The number of aliphatic hydroxyl groups is 2. The highest BCUT2D eigenvalue weighted by molar-refractivity contribution is 5.88. The predicted molar refractivity (Wildman–Crippen MR) is 204 cm³/mol. The van der Waals surface area contributed by atoms with Gasteiger partial charge in [-0.3, -0.25) is 9.59 Å². The summed E-state index contributed by atoms with van der Waals surface area (Å²) >= 11 is 0. The Labute approximate surface area is 314 Å². The van der Waals surface area contributed by atoms with Crippen LogP contribution in [0.3, 0.4) is 0 Å². The molecule has 8 rings (SSSR count). The van der Waals surface area contributed by atoms with E-state index in [2.05, 4.69) is 19.2 Å². The maximum atomic E-state index is 12.4. The van der Waals surface area contributed by atoms with Gasteiger partial charge in [-0.05, 0) is 64.7 Å². The normalized spacial score (nSPS) is 24.0. The summed E-state index contributed by atoms with van der Waals surface area (Å²) in [7, 11) is 3.27. The highest BCUT2D eigenvalue weighted by atomic mass is 16.5. The van der Waals surface area contributed by atoms with Gasteiger partial charge in [0.1, 0.15) is 35.2 Å². The molecule has 2 N–H and O–H groups in total. The minimum Gasteiger partial charge on any atom is -0.496 e. The average molecular weight is 729 g/mol. The van der Waals surface area contributed by atoms with Gasteiger partial charge in [-0.15, -0.1) is 0 Å². The van der Waals surface area contributed by atoms with Crippen LogP contribution in [-0.4, -0.2) is 84.4 Å². The van der Waals surface area contributed by atoms with Crippen LogP contribution in [-0.2, 0) is 9.59 Å². The third-order valence-corrected chi connectivity index (χ3v) is 11.6. The number of rotatable bonds is 7. The summed E-state index contributed by atoms with van der Waals surface area (Å²) in [6.45, 7) is 9.14. The molecule has 10 heteroatoms. The number of carbonyl (C=O) groups is 2. The molecule has 2 unspecified atom stereocenters. The van der Waals surface area contributed by atoms with E-state index in [0.29, 0.717) is 73.1 Å². The lowest BCUT2D eigenvalue weighted by atomic mass is 9.80. The molecule has 4 aromatic carbocycles. The highest BCUT2D eigenvalue weighted by Crippen LogP contribution is 2.49. The molecular weight excluding hydrogens is 684 g/mol. The number of nitrogens with zero attached hydrogens (tertiary/aromatic N) is 2. The van der Waals surface area contributed by atoms with Gasteiger partial charge >= 0.3 is 0 Å². The van der Waals surface area contributed by atoms with E-state index in [4.69, 9.17) is 18.9 Å². The van der Waals surface area contributed by atoms with Gasteiger partial charge in [0, 0.05) is 73.1 Å². The van der Waals surface area contributed by atoms with Crippen molar-refractivity contribution < 1.29 is 38.7 Å². The van der Waals surface area contributed by atoms with Gasteiger partial charge in [0.2, 0.25) is 11.8 Å². The molecule has 278 valence electrons.